The van der Waals surface area contributed by atoms with E-state index >= 15 is 0 Å². The van der Waals surface area contributed by atoms with Gasteiger partial charge in [-0.1, -0.05) is 18.2 Å². The van der Waals surface area contributed by atoms with Gasteiger partial charge in [-0.15, -0.1) is 0 Å². The molecule has 2 aromatic carbocycles. The van der Waals surface area contributed by atoms with Crippen molar-refractivity contribution in [3.8, 4) is 17.6 Å². The Bertz CT molecular complexity index is 620. The quantitative estimate of drug-likeness (QED) is 0.913. The van der Waals surface area contributed by atoms with Crippen molar-refractivity contribution in [1.29, 1.82) is 5.26 Å². The highest BCUT2D eigenvalue weighted by Gasteiger charge is 2.08. The van der Waals surface area contributed by atoms with Gasteiger partial charge in [0, 0.05) is 12.1 Å². The molecule has 0 saturated heterocycles. The first-order valence-corrected chi connectivity index (χ1v) is 5.84. The lowest BCUT2D eigenvalue weighted by atomic mass is 10.2. The third kappa shape index (κ3) is 3.09. The molecule has 3 nitrogen and oxygen atoms in total. The summed E-state index contributed by atoms with van der Waals surface area (Å²) in [4.78, 5) is 0. The maximum atomic E-state index is 13.7. The van der Waals surface area contributed by atoms with E-state index in [1.165, 1.54) is 12.1 Å². The molecule has 0 radical (unpaired) electrons. The van der Waals surface area contributed by atoms with Gasteiger partial charge in [-0.25, -0.2) is 4.39 Å². The van der Waals surface area contributed by atoms with Gasteiger partial charge in [-0.3, -0.25) is 0 Å². The van der Waals surface area contributed by atoms with E-state index in [9.17, 15) is 4.39 Å². The Labute approximate surface area is 111 Å². The van der Waals surface area contributed by atoms with Crippen LogP contribution in [0.5, 0.6) is 11.5 Å². The van der Waals surface area contributed by atoms with Gasteiger partial charge in [-0.2, -0.15) is 5.26 Å². The van der Waals surface area contributed by atoms with Gasteiger partial charge in [0.2, 0.25) is 0 Å². The molecule has 0 bridgehead atoms. The van der Waals surface area contributed by atoms with Crippen LogP contribution in [0.2, 0.25) is 0 Å². The van der Waals surface area contributed by atoms with E-state index in [1.54, 1.807) is 6.07 Å². The summed E-state index contributed by atoms with van der Waals surface area (Å²) in [5.41, 5.74) is 1.21. The number of halogens is 1. The van der Waals surface area contributed by atoms with E-state index in [4.69, 9.17) is 10.00 Å². The summed E-state index contributed by atoms with van der Waals surface area (Å²) in [6, 6.07) is 13.5. The number of nitrogens with zero attached hydrogens (tertiary/aromatic N) is 1. The Hall–Kier alpha value is -2.38. The molecule has 0 spiro atoms. The molecule has 1 N–H and O–H groups in total. The number of benzene rings is 2. The second kappa shape index (κ2) is 5.98. The summed E-state index contributed by atoms with van der Waals surface area (Å²) in [6.45, 7) is 0.633. The average Bonchev–Trinajstić information content (AvgIpc) is 2.43. The Morgan fingerprint density at radius 1 is 1.21 bits per heavy atom. The highest BCUT2D eigenvalue weighted by atomic mass is 19.1. The Morgan fingerprint density at radius 2 is 2.00 bits per heavy atom. The summed E-state index contributed by atoms with van der Waals surface area (Å²) >= 11 is 0. The van der Waals surface area contributed by atoms with Gasteiger partial charge in [0.1, 0.15) is 5.75 Å². The number of rotatable bonds is 4. The summed E-state index contributed by atoms with van der Waals surface area (Å²) in [6.07, 6.45) is 0. The smallest absolute Gasteiger partial charge is 0.167 e. The van der Waals surface area contributed by atoms with E-state index in [-0.39, 0.29) is 11.3 Å². The summed E-state index contributed by atoms with van der Waals surface area (Å²) < 4.78 is 19.3. The second-order valence-corrected chi connectivity index (χ2v) is 4.00. The van der Waals surface area contributed by atoms with Crippen LogP contribution < -0.4 is 10.1 Å². The predicted octanol–water partition coefficient (Wildman–Crippen LogP) is 3.21. The molecule has 96 valence electrons. The first-order valence-electron chi connectivity index (χ1n) is 5.84. The number of nitrogens with one attached hydrogen (secondary N) is 1. The molecule has 2 rings (SSSR count). The summed E-state index contributed by atoms with van der Waals surface area (Å²) in [5, 5.41) is 11.7. The topological polar surface area (TPSA) is 45.0 Å². The van der Waals surface area contributed by atoms with Crippen LogP contribution in [0.4, 0.5) is 4.39 Å². The van der Waals surface area contributed by atoms with Crippen LogP contribution in [0.25, 0.3) is 0 Å². The van der Waals surface area contributed by atoms with Crippen LogP contribution in [0, 0.1) is 17.1 Å². The third-order valence-electron chi connectivity index (χ3n) is 2.62. The molecule has 0 aliphatic carbocycles. The highest BCUT2D eigenvalue weighted by Crippen LogP contribution is 2.27. The Kier molecular flexibility index (Phi) is 4.11. The Balaban J connectivity index is 2.29. The van der Waals surface area contributed by atoms with Crippen molar-refractivity contribution in [2.24, 2.45) is 0 Å². The lowest BCUT2D eigenvalue weighted by molar-refractivity contribution is 0.436. The van der Waals surface area contributed by atoms with Gasteiger partial charge in [0.05, 0.1) is 11.6 Å². The fourth-order valence-corrected chi connectivity index (χ4v) is 1.71. The number of ether oxygens (including phenoxy) is 1. The molecule has 0 atom stereocenters. The molecule has 19 heavy (non-hydrogen) atoms. The molecule has 0 fully saturated rings. The van der Waals surface area contributed by atoms with Crippen molar-refractivity contribution in [2.75, 3.05) is 7.05 Å². The molecule has 0 aliphatic heterocycles. The molecule has 0 aromatic heterocycles. The van der Waals surface area contributed by atoms with Crippen LogP contribution >= 0.6 is 0 Å². The standard InChI is InChI=1S/C15H13FN2O/c1-18-10-12-4-2-3-5-14(12)19-15-7-6-11(9-17)8-13(15)16/h2-8,18H,10H2,1H3. The van der Waals surface area contributed by atoms with E-state index in [1.807, 2.05) is 31.3 Å². The number of para-hydroxylation sites is 1. The Morgan fingerprint density at radius 3 is 2.68 bits per heavy atom. The monoisotopic (exact) mass is 256 g/mol. The third-order valence-corrected chi connectivity index (χ3v) is 2.62. The maximum absolute atomic E-state index is 13.7. The van der Waals surface area contributed by atoms with Crippen LogP contribution in [0.1, 0.15) is 11.1 Å². The van der Waals surface area contributed by atoms with E-state index in [0.717, 1.165) is 11.6 Å². The summed E-state index contributed by atoms with van der Waals surface area (Å²) in [5.74, 6) is 0.168. The molecular weight excluding hydrogens is 243 g/mol. The van der Waals surface area contributed by atoms with Gasteiger partial charge in [0.25, 0.3) is 0 Å². The van der Waals surface area contributed by atoms with Crippen molar-refractivity contribution < 1.29 is 9.13 Å². The molecule has 4 heteroatoms. The second-order valence-electron chi connectivity index (χ2n) is 4.00. The molecule has 0 amide bonds. The first kappa shape index (κ1) is 13.1. The van der Waals surface area contributed by atoms with E-state index in [2.05, 4.69) is 5.32 Å². The fourth-order valence-electron chi connectivity index (χ4n) is 1.71. The molecule has 0 saturated carbocycles. The van der Waals surface area contributed by atoms with Gasteiger partial charge < -0.3 is 10.1 Å². The van der Waals surface area contributed by atoms with Crippen molar-refractivity contribution in [1.82, 2.24) is 5.32 Å². The maximum Gasteiger partial charge on any atom is 0.167 e. The van der Waals surface area contributed by atoms with Crippen molar-refractivity contribution in [2.45, 2.75) is 6.54 Å². The van der Waals surface area contributed by atoms with Gasteiger partial charge >= 0.3 is 0 Å². The molecule has 0 unspecified atom stereocenters. The van der Waals surface area contributed by atoms with Crippen molar-refractivity contribution in [3.05, 3.63) is 59.4 Å². The normalized spacial score (nSPS) is 9.95. The van der Waals surface area contributed by atoms with Gasteiger partial charge in [-0.05, 0) is 31.3 Å². The lowest BCUT2D eigenvalue weighted by Crippen LogP contribution is -2.06. The minimum Gasteiger partial charge on any atom is -0.454 e. The van der Waals surface area contributed by atoms with Gasteiger partial charge in [0.15, 0.2) is 11.6 Å². The minimum atomic E-state index is -0.543. The molecule has 0 aliphatic rings. The highest BCUT2D eigenvalue weighted by molar-refractivity contribution is 5.41. The van der Waals surface area contributed by atoms with Crippen molar-refractivity contribution in [3.63, 3.8) is 0 Å². The fraction of sp³-hybridized carbons (Fsp3) is 0.133. The molecular formula is C15H13FN2O. The molecule has 2 aromatic rings. The van der Waals surface area contributed by atoms with Crippen molar-refractivity contribution >= 4 is 0 Å². The van der Waals surface area contributed by atoms with E-state index < -0.39 is 5.82 Å². The zero-order valence-electron chi connectivity index (χ0n) is 10.5. The molecule has 0 heterocycles. The van der Waals surface area contributed by atoms with Crippen LogP contribution in [-0.4, -0.2) is 7.05 Å². The lowest BCUT2D eigenvalue weighted by Gasteiger charge is -2.11. The zero-order chi connectivity index (χ0) is 13.7. The SMILES string of the molecule is CNCc1ccccc1Oc1ccc(C#N)cc1F. The number of hydrogen-bond acceptors (Lipinski definition) is 3. The number of nitriles is 1. The van der Waals surface area contributed by atoms with Crippen LogP contribution in [0.3, 0.4) is 0 Å². The number of hydrogen-bond donors (Lipinski definition) is 1. The van der Waals surface area contributed by atoms with Crippen LogP contribution in [0.15, 0.2) is 42.5 Å². The zero-order valence-corrected chi connectivity index (χ0v) is 10.5. The van der Waals surface area contributed by atoms with E-state index in [0.29, 0.717) is 12.3 Å². The van der Waals surface area contributed by atoms with Crippen LogP contribution in [-0.2, 0) is 6.54 Å². The first-order chi connectivity index (χ1) is 9.24. The largest absolute Gasteiger partial charge is 0.454 e. The summed E-state index contributed by atoms with van der Waals surface area (Å²) in [7, 11) is 1.83. The minimum absolute atomic E-state index is 0.113. The average molecular weight is 256 g/mol. The predicted molar refractivity (Wildman–Crippen MR) is 70.4 cm³/mol.